The molecule has 1 N–H and O–H groups in total. The number of halogens is 1. The van der Waals surface area contributed by atoms with E-state index in [4.69, 9.17) is 16.3 Å². The lowest BCUT2D eigenvalue weighted by Crippen LogP contribution is -2.20. The summed E-state index contributed by atoms with van der Waals surface area (Å²) in [7, 11) is 0. The van der Waals surface area contributed by atoms with Gasteiger partial charge in [-0.05, 0) is 48.5 Å². The summed E-state index contributed by atoms with van der Waals surface area (Å²) >= 11 is 6.86. The van der Waals surface area contributed by atoms with Crippen LogP contribution in [-0.2, 0) is 9.53 Å². The van der Waals surface area contributed by atoms with E-state index in [0.717, 1.165) is 17.0 Å². The third kappa shape index (κ3) is 5.73. The number of esters is 1. The Bertz CT molecular complexity index is 956. The first-order valence-corrected chi connectivity index (χ1v) is 9.09. The standard InChI is InChI=1S/C19H14ClN3O3S/c20-17-11-10-16(27-17)19(25)26-12-18(24)21-13-6-8-15(9-7-13)23-22-14-4-2-1-3-5-14/h1-11H,12H2,(H,21,24). The molecule has 0 spiro atoms. The number of carbonyl (C=O) groups is 2. The maximum Gasteiger partial charge on any atom is 0.348 e. The maximum atomic E-state index is 11.9. The SMILES string of the molecule is O=C(COC(=O)c1ccc(Cl)s1)Nc1ccc(N=Nc2ccccc2)cc1. The summed E-state index contributed by atoms with van der Waals surface area (Å²) in [4.78, 5) is 24.0. The summed E-state index contributed by atoms with van der Waals surface area (Å²) in [5.74, 6) is -1.02. The number of carbonyl (C=O) groups excluding carboxylic acids is 2. The highest BCUT2D eigenvalue weighted by Gasteiger charge is 2.12. The summed E-state index contributed by atoms with van der Waals surface area (Å²) < 4.78 is 5.44. The van der Waals surface area contributed by atoms with E-state index >= 15 is 0 Å². The molecule has 0 radical (unpaired) electrons. The van der Waals surface area contributed by atoms with E-state index in [1.54, 1.807) is 36.4 Å². The third-order valence-corrected chi connectivity index (χ3v) is 4.51. The first kappa shape index (κ1) is 18.8. The lowest BCUT2D eigenvalue weighted by Gasteiger charge is -2.06. The first-order chi connectivity index (χ1) is 13.1. The Kier molecular flexibility index (Phi) is 6.30. The number of benzene rings is 2. The Morgan fingerprint density at radius 2 is 1.59 bits per heavy atom. The third-order valence-electron chi connectivity index (χ3n) is 3.30. The van der Waals surface area contributed by atoms with Gasteiger partial charge in [0.2, 0.25) is 0 Å². The zero-order chi connectivity index (χ0) is 19.1. The number of rotatable bonds is 6. The van der Waals surface area contributed by atoms with Crippen LogP contribution in [0.3, 0.4) is 0 Å². The molecule has 1 aromatic heterocycles. The van der Waals surface area contributed by atoms with Crippen LogP contribution in [-0.4, -0.2) is 18.5 Å². The minimum Gasteiger partial charge on any atom is -0.451 e. The lowest BCUT2D eigenvalue weighted by atomic mass is 10.3. The molecule has 0 fully saturated rings. The van der Waals surface area contributed by atoms with Gasteiger partial charge in [0.05, 0.1) is 15.7 Å². The Hall–Kier alpha value is -3.03. The van der Waals surface area contributed by atoms with Crippen molar-refractivity contribution >= 4 is 51.9 Å². The highest BCUT2D eigenvalue weighted by Crippen LogP contribution is 2.22. The highest BCUT2D eigenvalue weighted by molar-refractivity contribution is 7.17. The van der Waals surface area contributed by atoms with Gasteiger partial charge in [-0.3, -0.25) is 4.79 Å². The number of hydrogen-bond acceptors (Lipinski definition) is 6. The molecule has 1 amide bonds. The van der Waals surface area contributed by atoms with Gasteiger partial charge in [0.1, 0.15) is 4.88 Å². The summed E-state index contributed by atoms with van der Waals surface area (Å²) in [5.41, 5.74) is 1.97. The highest BCUT2D eigenvalue weighted by atomic mass is 35.5. The van der Waals surface area contributed by atoms with Crippen LogP contribution in [0.15, 0.2) is 77.0 Å². The van der Waals surface area contributed by atoms with E-state index in [9.17, 15) is 9.59 Å². The Morgan fingerprint density at radius 1 is 0.926 bits per heavy atom. The summed E-state index contributed by atoms with van der Waals surface area (Å²) in [6.07, 6.45) is 0. The minimum absolute atomic E-state index is 0.348. The van der Waals surface area contributed by atoms with Crippen molar-refractivity contribution in [2.75, 3.05) is 11.9 Å². The number of ether oxygens (including phenoxy) is 1. The molecular formula is C19H14ClN3O3S. The molecule has 1 heterocycles. The maximum absolute atomic E-state index is 11.9. The quantitative estimate of drug-likeness (QED) is 0.432. The molecule has 27 heavy (non-hydrogen) atoms. The largest absolute Gasteiger partial charge is 0.451 e. The molecule has 0 aliphatic carbocycles. The van der Waals surface area contributed by atoms with Gasteiger partial charge in [-0.2, -0.15) is 10.2 Å². The average Bonchev–Trinajstić information content (AvgIpc) is 3.13. The molecule has 0 saturated carbocycles. The van der Waals surface area contributed by atoms with Crippen molar-refractivity contribution in [3.8, 4) is 0 Å². The molecule has 0 aliphatic rings. The molecule has 6 nitrogen and oxygen atoms in total. The second-order valence-corrected chi connectivity index (χ2v) is 7.03. The molecule has 136 valence electrons. The number of nitrogens with one attached hydrogen (secondary N) is 1. The second kappa shape index (κ2) is 9.07. The van der Waals surface area contributed by atoms with Gasteiger partial charge >= 0.3 is 5.97 Å². The van der Waals surface area contributed by atoms with Crippen molar-refractivity contribution in [2.24, 2.45) is 10.2 Å². The van der Waals surface area contributed by atoms with E-state index < -0.39 is 11.9 Å². The van der Waals surface area contributed by atoms with E-state index in [1.807, 2.05) is 30.3 Å². The molecule has 3 aromatic rings. The Morgan fingerprint density at radius 3 is 2.22 bits per heavy atom. The first-order valence-electron chi connectivity index (χ1n) is 7.89. The van der Waals surface area contributed by atoms with Gasteiger partial charge in [-0.25, -0.2) is 4.79 Å². The summed E-state index contributed by atoms with van der Waals surface area (Å²) in [6, 6.07) is 19.4. The van der Waals surface area contributed by atoms with Crippen LogP contribution < -0.4 is 5.32 Å². The predicted octanol–water partition coefficient (Wildman–Crippen LogP) is 5.61. The molecule has 2 aromatic carbocycles. The zero-order valence-electron chi connectivity index (χ0n) is 14.0. The Balaban J connectivity index is 1.49. The Labute approximate surface area is 164 Å². The van der Waals surface area contributed by atoms with Gasteiger partial charge in [-0.15, -0.1) is 11.3 Å². The molecule has 0 saturated heterocycles. The van der Waals surface area contributed by atoms with Crippen LogP contribution in [0.25, 0.3) is 0 Å². The lowest BCUT2D eigenvalue weighted by molar-refractivity contribution is -0.119. The molecule has 0 bridgehead atoms. The topological polar surface area (TPSA) is 80.1 Å². The van der Waals surface area contributed by atoms with Crippen molar-refractivity contribution < 1.29 is 14.3 Å². The fourth-order valence-corrected chi connectivity index (χ4v) is 2.98. The van der Waals surface area contributed by atoms with Crippen LogP contribution >= 0.6 is 22.9 Å². The van der Waals surface area contributed by atoms with E-state index in [1.165, 1.54) is 0 Å². The number of hydrogen-bond donors (Lipinski definition) is 1. The zero-order valence-corrected chi connectivity index (χ0v) is 15.5. The smallest absolute Gasteiger partial charge is 0.348 e. The molecule has 0 unspecified atom stereocenters. The normalized spacial score (nSPS) is 10.7. The van der Waals surface area contributed by atoms with E-state index in [2.05, 4.69) is 15.5 Å². The van der Waals surface area contributed by atoms with Crippen molar-refractivity contribution in [1.29, 1.82) is 0 Å². The average molecular weight is 400 g/mol. The number of anilines is 1. The van der Waals surface area contributed by atoms with Crippen LogP contribution in [0, 0.1) is 0 Å². The van der Waals surface area contributed by atoms with Crippen LogP contribution in [0.5, 0.6) is 0 Å². The summed E-state index contributed by atoms with van der Waals surface area (Å²) in [6.45, 7) is -0.385. The predicted molar refractivity (Wildman–Crippen MR) is 105 cm³/mol. The van der Waals surface area contributed by atoms with Crippen LogP contribution in [0.2, 0.25) is 4.34 Å². The van der Waals surface area contributed by atoms with Crippen molar-refractivity contribution in [3.05, 3.63) is 75.9 Å². The molecule has 0 atom stereocenters. The van der Waals surface area contributed by atoms with E-state index in [-0.39, 0.29) is 6.61 Å². The fraction of sp³-hybridized carbons (Fsp3) is 0.0526. The molecular weight excluding hydrogens is 386 g/mol. The number of azo groups is 1. The van der Waals surface area contributed by atoms with Crippen LogP contribution in [0.1, 0.15) is 9.67 Å². The number of nitrogens with zero attached hydrogens (tertiary/aromatic N) is 2. The van der Waals surface area contributed by atoms with Gasteiger partial charge in [0, 0.05) is 5.69 Å². The second-order valence-electron chi connectivity index (χ2n) is 5.31. The van der Waals surface area contributed by atoms with E-state index in [0.29, 0.717) is 20.6 Å². The molecule has 3 rings (SSSR count). The van der Waals surface area contributed by atoms with Crippen molar-refractivity contribution in [2.45, 2.75) is 0 Å². The van der Waals surface area contributed by atoms with Gasteiger partial charge in [-0.1, -0.05) is 29.8 Å². The van der Waals surface area contributed by atoms with Gasteiger partial charge in [0.15, 0.2) is 6.61 Å². The van der Waals surface area contributed by atoms with Gasteiger partial charge < -0.3 is 10.1 Å². The molecule has 8 heteroatoms. The van der Waals surface area contributed by atoms with Crippen LogP contribution in [0.4, 0.5) is 17.1 Å². The van der Waals surface area contributed by atoms with Crippen molar-refractivity contribution in [3.63, 3.8) is 0 Å². The van der Waals surface area contributed by atoms with Gasteiger partial charge in [0.25, 0.3) is 5.91 Å². The number of amides is 1. The number of thiophene rings is 1. The summed E-state index contributed by atoms with van der Waals surface area (Å²) in [5, 5.41) is 10.9. The monoisotopic (exact) mass is 399 g/mol. The minimum atomic E-state index is -0.585. The molecule has 0 aliphatic heterocycles. The fourth-order valence-electron chi connectivity index (χ4n) is 2.04. The van der Waals surface area contributed by atoms with Crippen molar-refractivity contribution in [1.82, 2.24) is 0 Å².